The van der Waals surface area contributed by atoms with E-state index in [1.807, 2.05) is 19.1 Å². The van der Waals surface area contributed by atoms with E-state index in [1.165, 1.54) is 12.1 Å². The minimum atomic E-state index is -0.408. The quantitative estimate of drug-likeness (QED) is 0.510. The van der Waals surface area contributed by atoms with Gasteiger partial charge >= 0.3 is 0 Å². The number of nitro benzene ring substituents is 1. The molecule has 0 bridgehead atoms. The van der Waals surface area contributed by atoms with Crippen molar-refractivity contribution in [2.45, 2.75) is 13.5 Å². The second-order valence-electron chi connectivity index (χ2n) is 4.48. The highest BCUT2D eigenvalue weighted by Crippen LogP contribution is 2.35. The number of nitrogens with one attached hydrogen (secondary N) is 1. The van der Waals surface area contributed by atoms with Gasteiger partial charge in [0.1, 0.15) is 5.75 Å². The smallest absolute Gasteiger partial charge is 0.271 e. The van der Waals surface area contributed by atoms with E-state index < -0.39 is 4.92 Å². The van der Waals surface area contributed by atoms with Crippen LogP contribution >= 0.6 is 31.9 Å². The van der Waals surface area contributed by atoms with Crippen LogP contribution in [0.5, 0.6) is 5.75 Å². The summed E-state index contributed by atoms with van der Waals surface area (Å²) in [6, 6.07) is 10.4. The molecular weight excluding hydrogens is 416 g/mol. The highest BCUT2D eigenvalue weighted by Gasteiger charge is 2.09. The van der Waals surface area contributed by atoms with Crippen molar-refractivity contribution in [2.24, 2.45) is 0 Å². The van der Waals surface area contributed by atoms with Gasteiger partial charge in [-0.1, -0.05) is 6.07 Å². The Labute approximate surface area is 145 Å². The summed E-state index contributed by atoms with van der Waals surface area (Å²) in [5.41, 5.74) is 1.79. The molecule has 0 aliphatic carbocycles. The molecule has 2 rings (SSSR count). The average molecular weight is 430 g/mol. The summed E-state index contributed by atoms with van der Waals surface area (Å²) in [5.74, 6) is 0.765. The Morgan fingerprint density at radius 3 is 2.50 bits per heavy atom. The maximum Gasteiger partial charge on any atom is 0.271 e. The monoisotopic (exact) mass is 428 g/mol. The number of nitro groups is 1. The Bertz CT molecular complexity index is 669. The lowest BCUT2D eigenvalue weighted by molar-refractivity contribution is -0.384. The van der Waals surface area contributed by atoms with Crippen LogP contribution in [-0.4, -0.2) is 11.5 Å². The van der Waals surface area contributed by atoms with Crippen molar-refractivity contribution < 1.29 is 9.66 Å². The molecule has 22 heavy (non-hydrogen) atoms. The fraction of sp³-hybridized carbons (Fsp3) is 0.200. The number of hydrogen-bond acceptors (Lipinski definition) is 4. The molecule has 0 aliphatic rings. The normalized spacial score (nSPS) is 10.3. The molecule has 0 atom stereocenters. The van der Waals surface area contributed by atoms with Crippen molar-refractivity contribution in [3.05, 3.63) is 61.0 Å². The first kappa shape index (κ1) is 16.8. The second-order valence-corrected chi connectivity index (χ2v) is 6.19. The van der Waals surface area contributed by atoms with Gasteiger partial charge in [0.2, 0.25) is 0 Å². The Morgan fingerprint density at radius 2 is 1.91 bits per heavy atom. The summed E-state index contributed by atoms with van der Waals surface area (Å²) in [6.07, 6.45) is 0. The molecule has 0 fully saturated rings. The van der Waals surface area contributed by atoms with Crippen LogP contribution in [0.4, 0.5) is 11.4 Å². The largest absolute Gasteiger partial charge is 0.492 e. The number of halogens is 2. The molecule has 0 heterocycles. The van der Waals surface area contributed by atoms with Crippen molar-refractivity contribution in [3.8, 4) is 5.75 Å². The van der Waals surface area contributed by atoms with E-state index in [0.29, 0.717) is 18.8 Å². The Balaban J connectivity index is 2.12. The summed E-state index contributed by atoms with van der Waals surface area (Å²) in [6.45, 7) is 3.06. The summed E-state index contributed by atoms with van der Waals surface area (Å²) < 4.78 is 7.26. The first-order valence-electron chi connectivity index (χ1n) is 6.60. The fourth-order valence-electron chi connectivity index (χ4n) is 1.93. The van der Waals surface area contributed by atoms with Crippen LogP contribution in [0.3, 0.4) is 0 Å². The zero-order chi connectivity index (χ0) is 16.1. The zero-order valence-electron chi connectivity index (χ0n) is 11.8. The van der Waals surface area contributed by atoms with Gasteiger partial charge in [-0.05, 0) is 62.5 Å². The van der Waals surface area contributed by atoms with E-state index in [9.17, 15) is 10.1 Å². The van der Waals surface area contributed by atoms with Gasteiger partial charge in [-0.25, -0.2) is 0 Å². The highest BCUT2D eigenvalue weighted by molar-refractivity contribution is 9.11. The molecule has 0 unspecified atom stereocenters. The first-order chi connectivity index (χ1) is 10.5. The fourth-order valence-corrected chi connectivity index (χ4v) is 3.44. The number of anilines is 1. The van der Waals surface area contributed by atoms with Gasteiger partial charge in [-0.2, -0.15) is 0 Å². The van der Waals surface area contributed by atoms with Crippen molar-refractivity contribution >= 4 is 43.2 Å². The molecule has 0 aromatic heterocycles. The molecule has 116 valence electrons. The number of non-ortho nitro benzene ring substituents is 1. The van der Waals surface area contributed by atoms with Crippen LogP contribution in [-0.2, 0) is 6.54 Å². The number of ether oxygens (including phenoxy) is 1. The third-order valence-corrected chi connectivity index (χ3v) is 4.08. The maximum absolute atomic E-state index is 10.8. The molecule has 2 aromatic rings. The van der Waals surface area contributed by atoms with E-state index in [1.54, 1.807) is 12.1 Å². The summed E-state index contributed by atoms with van der Waals surface area (Å²) in [5, 5.41) is 13.9. The average Bonchev–Trinajstić information content (AvgIpc) is 2.49. The van der Waals surface area contributed by atoms with E-state index in [0.717, 1.165) is 20.3 Å². The second kappa shape index (κ2) is 7.60. The number of nitrogens with zero attached hydrogens (tertiary/aromatic N) is 1. The molecule has 7 heteroatoms. The summed E-state index contributed by atoms with van der Waals surface area (Å²) >= 11 is 6.97. The van der Waals surface area contributed by atoms with E-state index in [2.05, 4.69) is 37.2 Å². The van der Waals surface area contributed by atoms with Gasteiger partial charge in [0.15, 0.2) is 0 Å². The van der Waals surface area contributed by atoms with Gasteiger partial charge in [0, 0.05) is 24.4 Å². The van der Waals surface area contributed by atoms with Gasteiger partial charge in [0.25, 0.3) is 5.69 Å². The number of hydrogen-bond donors (Lipinski definition) is 1. The molecule has 2 aromatic carbocycles. The van der Waals surface area contributed by atoms with Crippen LogP contribution in [0, 0.1) is 10.1 Å². The van der Waals surface area contributed by atoms with Crippen LogP contribution in [0.25, 0.3) is 0 Å². The SMILES string of the molecule is CCOc1c(Br)cc(CNc2cccc([N+](=O)[O-])c2)cc1Br. The van der Waals surface area contributed by atoms with E-state index >= 15 is 0 Å². The minimum absolute atomic E-state index is 0.0686. The van der Waals surface area contributed by atoms with E-state index in [-0.39, 0.29) is 5.69 Å². The van der Waals surface area contributed by atoms with Gasteiger partial charge in [-0.15, -0.1) is 0 Å². The molecule has 0 spiro atoms. The molecule has 1 N–H and O–H groups in total. The molecule has 0 saturated heterocycles. The summed E-state index contributed by atoms with van der Waals surface area (Å²) in [7, 11) is 0. The highest BCUT2D eigenvalue weighted by atomic mass is 79.9. The zero-order valence-corrected chi connectivity index (χ0v) is 15.0. The van der Waals surface area contributed by atoms with Crippen molar-refractivity contribution in [1.29, 1.82) is 0 Å². The molecule has 0 radical (unpaired) electrons. The lowest BCUT2D eigenvalue weighted by Crippen LogP contribution is -2.01. The molecule has 0 amide bonds. The third-order valence-electron chi connectivity index (χ3n) is 2.90. The Hall–Kier alpha value is -1.60. The van der Waals surface area contributed by atoms with Crippen molar-refractivity contribution in [1.82, 2.24) is 0 Å². The number of rotatable bonds is 6. The van der Waals surface area contributed by atoms with Gasteiger partial charge in [0.05, 0.1) is 20.5 Å². The number of benzene rings is 2. The maximum atomic E-state index is 10.8. The Kier molecular flexibility index (Phi) is 5.79. The van der Waals surface area contributed by atoms with Gasteiger partial charge < -0.3 is 10.1 Å². The predicted octanol–water partition coefficient (Wildman–Crippen LogP) is 5.13. The lowest BCUT2D eigenvalue weighted by Gasteiger charge is -2.12. The molecule has 0 aliphatic heterocycles. The lowest BCUT2D eigenvalue weighted by atomic mass is 10.2. The predicted molar refractivity (Wildman–Crippen MR) is 93.4 cm³/mol. The summed E-state index contributed by atoms with van der Waals surface area (Å²) in [4.78, 5) is 10.4. The van der Waals surface area contributed by atoms with E-state index in [4.69, 9.17) is 4.74 Å². The van der Waals surface area contributed by atoms with Gasteiger partial charge in [-0.3, -0.25) is 10.1 Å². The molecule has 0 saturated carbocycles. The third kappa shape index (κ3) is 4.20. The molecular formula is C15H14Br2N2O3. The van der Waals surface area contributed by atoms with Crippen LogP contribution in [0.15, 0.2) is 45.3 Å². The Morgan fingerprint density at radius 1 is 1.23 bits per heavy atom. The van der Waals surface area contributed by atoms with Crippen LogP contribution < -0.4 is 10.1 Å². The van der Waals surface area contributed by atoms with Crippen molar-refractivity contribution in [2.75, 3.05) is 11.9 Å². The first-order valence-corrected chi connectivity index (χ1v) is 8.19. The standard InChI is InChI=1S/C15H14Br2N2O3/c1-2-22-15-13(16)6-10(7-14(15)17)9-18-11-4-3-5-12(8-11)19(20)21/h3-8,18H,2,9H2,1H3. The topological polar surface area (TPSA) is 64.4 Å². The molecule has 5 nitrogen and oxygen atoms in total. The van der Waals surface area contributed by atoms with Crippen molar-refractivity contribution in [3.63, 3.8) is 0 Å². The van der Waals surface area contributed by atoms with Crippen LogP contribution in [0.2, 0.25) is 0 Å². The minimum Gasteiger partial charge on any atom is -0.492 e. The van der Waals surface area contributed by atoms with Crippen LogP contribution in [0.1, 0.15) is 12.5 Å².